The average molecular weight is 563 g/mol. The molecule has 2 aromatic carbocycles. The van der Waals surface area contributed by atoms with E-state index < -0.39 is 24.3 Å². The number of benzene rings is 2. The lowest BCUT2D eigenvalue weighted by molar-refractivity contribution is -0.136. The summed E-state index contributed by atoms with van der Waals surface area (Å²) in [6.45, 7) is 3.59. The molecule has 0 saturated heterocycles. The predicted octanol–water partition coefficient (Wildman–Crippen LogP) is 2.88. The highest BCUT2D eigenvalue weighted by Crippen LogP contribution is 2.36. The van der Waals surface area contributed by atoms with E-state index in [1.54, 1.807) is 44.2 Å². The van der Waals surface area contributed by atoms with Gasteiger partial charge >= 0.3 is 12.0 Å². The van der Waals surface area contributed by atoms with Gasteiger partial charge in [0.1, 0.15) is 6.61 Å². The Bertz CT molecular complexity index is 1270. The van der Waals surface area contributed by atoms with Crippen molar-refractivity contribution in [3.8, 4) is 23.0 Å². The third kappa shape index (κ3) is 7.24. The first kappa shape index (κ1) is 29.4. The van der Waals surface area contributed by atoms with Crippen molar-refractivity contribution >= 4 is 29.8 Å². The number of esters is 1. The molecule has 2 aromatic rings. The summed E-state index contributed by atoms with van der Waals surface area (Å²) in [6, 6.07) is 7.08. The molecule has 0 unspecified atom stereocenters. The van der Waals surface area contributed by atoms with Crippen LogP contribution >= 0.6 is 11.6 Å². The molecular weight excluding hydrogens is 532 g/mol. The Balaban J connectivity index is 1.70. The Labute approximate surface area is 230 Å². The molecule has 0 aromatic heterocycles. The third-order valence-corrected chi connectivity index (χ3v) is 5.85. The molecule has 2 atom stereocenters. The number of rotatable bonds is 12. The van der Waals surface area contributed by atoms with Crippen molar-refractivity contribution in [2.24, 2.45) is 5.10 Å². The van der Waals surface area contributed by atoms with E-state index in [-0.39, 0.29) is 12.2 Å². The molecule has 3 rings (SSSR count). The minimum Gasteiger partial charge on any atom is -0.493 e. The number of ether oxygens (including phenoxy) is 5. The smallest absolute Gasteiger partial charge is 0.337 e. The maximum atomic E-state index is 12.4. The second kappa shape index (κ2) is 13.6. The monoisotopic (exact) mass is 562 g/mol. The maximum absolute atomic E-state index is 12.4. The molecule has 1 heterocycles. The number of carbonyl (C=O) groups excluding carboxylic acids is 2. The molecule has 1 aliphatic heterocycles. The highest BCUT2D eigenvalue weighted by Gasteiger charge is 2.32. The molecule has 12 nitrogen and oxygen atoms in total. The summed E-state index contributed by atoms with van der Waals surface area (Å²) in [5.74, 6) is 0.978. The van der Waals surface area contributed by atoms with Crippen LogP contribution in [0, 0.1) is 0 Å². The fourth-order valence-corrected chi connectivity index (χ4v) is 4.13. The molecule has 0 saturated carbocycles. The van der Waals surface area contributed by atoms with Gasteiger partial charge in [0.15, 0.2) is 29.2 Å². The van der Waals surface area contributed by atoms with Crippen molar-refractivity contribution in [3.05, 3.63) is 57.8 Å². The van der Waals surface area contributed by atoms with Crippen molar-refractivity contribution in [1.29, 1.82) is 0 Å². The van der Waals surface area contributed by atoms with E-state index in [2.05, 4.69) is 21.2 Å². The molecule has 0 aliphatic carbocycles. The van der Waals surface area contributed by atoms with Gasteiger partial charge in [-0.05, 0) is 49.2 Å². The van der Waals surface area contributed by atoms with Gasteiger partial charge in [-0.15, -0.1) is 0 Å². The van der Waals surface area contributed by atoms with Crippen LogP contribution in [0.4, 0.5) is 4.79 Å². The van der Waals surface area contributed by atoms with Crippen molar-refractivity contribution in [3.63, 3.8) is 0 Å². The Kier molecular flexibility index (Phi) is 10.2. The van der Waals surface area contributed by atoms with Gasteiger partial charge in [-0.25, -0.2) is 9.59 Å². The van der Waals surface area contributed by atoms with E-state index in [1.165, 1.54) is 27.5 Å². The van der Waals surface area contributed by atoms with Gasteiger partial charge in [-0.3, -0.25) is 5.43 Å². The number of carbonyl (C=O) groups is 2. The molecular formula is C26H31ClN4O8. The van der Waals surface area contributed by atoms with Crippen molar-refractivity contribution in [2.75, 3.05) is 34.5 Å². The minimum atomic E-state index is -1.16. The Morgan fingerprint density at radius 2 is 1.92 bits per heavy atom. The van der Waals surface area contributed by atoms with Crippen molar-refractivity contribution < 1.29 is 38.4 Å². The highest BCUT2D eigenvalue weighted by atomic mass is 35.5. The normalized spacial score (nSPS) is 15.8. The van der Waals surface area contributed by atoms with Crippen LogP contribution in [-0.4, -0.2) is 64.1 Å². The lowest BCUT2D eigenvalue weighted by Gasteiger charge is -2.28. The number of aliphatic hydroxyl groups is 1. The van der Waals surface area contributed by atoms with Gasteiger partial charge in [-0.2, -0.15) is 5.10 Å². The number of hydrazone groups is 1. The number of halogens is 1. The van der Waals surface area contributed by atoms with Crippen LogP contribution in [-0.2, 0) is 9.53 Å². The largest absolute Gasteiger partial charge is 0.493 e. The van der Waals surface area contributed by atoms with Crippen molar-refractivity contribution in [2.45, 2.75) is 26.1 Å². The Morgan fingerprint density at radius 1 is 1.15 bits per heavy atom. The minimum absolute atomic E-state index is 0.167. The van der Waals surface area contributed by atoms with Gasteiger partial charge in [0.25, 0.3) is 0 Å². The molecule has 0 fully saturated rings. The zero-order valence-corrected chi connectivity index (χ0v) is 22.9. The molecule has 0 radical (unpaired) electrons. The fraction of sp³-hybridized carbons (Fsp3) is 0.346. The van der Waals surface area contributed by atoms with Gasteiger partial charge in [-0.1, -0.05) is 17.7 Å². The third-order valence-electron chi connectivity index (χ3n) is 5.57. The first-order valence-corrected chi connectivity index (χ1v) is 12.2. The standard InChI is InChI=1S/C26H31ClN4O8/c1-6-38-19-11-16(23-22(25(33)37-5)14(2)29-26(34)30-23)7-8-18(19)39-13-21(32)31-28-12-15-9-17(27)24(36-4)20(10-15)35-3/h7-12,21,23,31-32H,6,13H2,1-5H3,(H2,29,30,34)/b28-12-/t21-,23+/m0/s1. The van der Waals surface area contributed by atoms with Crippen LogP contribution in [0.3, 0.4) is 0 Å². The lowest BCUT2D eigenvalue weighted by Crippen LogP contribution is -2.45. The fourth-order valence-electron chi connectivity index (χ4n) is 3.83. The van der Waals surface area contributed by atoms with E-state index in [4.69, 9.17) is 35.3 Å². The van der Waals surface area contributed by atoms with Crippen LogP contribution in [0.2, 0.25) is 5.02 Å². The van der Waals surface area contributed by atoms with Crippen LogP contribution < -0.4 is 35.0 Å². The summed E-state index contributed by atoms with van der Waals surface area (Å²) in [4.78, 5) is 24.5. The summed E-state index contributed by atoms with van der Waals surface area (Å²) >= 11 is 6.20. The van der Waals surface area contributed by atoms with Crippen LogP contribution in [0.15, 0.2) is 46.7 Å². The number of aliphatic hydroxyl groups excluding tert-OH is 1. The predicted molar refractivity (Wildman–Crippen MR) is 144 cm³/mol. The van der Waals surface area contributed by atoms with Gasteiger partial charge in [0, 0.05) is 5.70 Å². The summed E-state index contributed by atoms with van der Waals surface area (Å²) in [7, 11) is 4.25. The number of urea groups is 1. The molecule has 4 N–H and O–H groups in total. The quantitative estimate of drug-likeness (QED) is 0.132. The van der Waals surface area contributed by atoms with E-state index >= 15 is 0 Å². The van der Waals surface area contributed by atoms with Gasteiger partial charge in [0.05, 0.1) is 50.8 Å². The molecule has 1 aliphatic rings. The molecule has 2 amide bonds. The van der Waals surface area contributed by atoms with Crippen LogP contribution in [0.5, 0.6) is 23.0 Å². The van der Waals surface area contributed by atoms with Crippen LogP contribution in [0.1, 0.15) is 31.0 Å². The molecule has 39 heavy (non-hydrogen) atoms. The molecule has 0 bridgehead atoms. The summed E-state index contributed by atoms with van der Waals surface area (Å²) < 4.78 is 26.8. The van der Waals surface area contributed by atoms with Crippen LogP contribution in [0.25, 0.3) is 0 Å². The zero-order chi connectivity index (χ0) is 28.5. The number of amides is 2. The van der Waals surface area contributed by atoms with Gasteiger partial charge < -0.3 is 39.4 Å². The Hall–Kier alpha value is -4.16. The Morgan fingerprint density at radius 3 is 2.59 bits per heavy atom. The van der Waals surface area contributed by atoms with E-state index in [9.17, 15) is 14.7 Å². The zero-order valence-electron chi connectivity index (χ0n) is 22.2. The number of allylic oxidation sites excluding steroid dienone is 1. The van der Waals surface area contributed by atoms with Crippen molar-refractivity contribution in [1.82, 2.24) is 16.1 Å². The maximum Gasteiger partial charge on any atom is 0.337 e. The number of nitrogens with zero attached hydrogens (tertiary/aromatic N) is 1. The molecule has 210 valence electrons. The first-order valence-electron chi connectivity index (χ1n) is 11.9. The van der Waals surface area contributed by atoms with E-state index in [1.807, 2.05) is 0 Å². The van der Waals surface area contributed by atoms with E-state index in [0.29, 0.717) is 51.5 Å². The summed E-state index contributed by atoms with van der Waals surface area (Å²) in [5.41, 5.74) is 4.42. The SMILES string of the molecule is CCOc1cc([C@H]2NC(=O)NC(C)=C2C(=O)OC)ccc1OC[C@H](O)N/N=C\c1cc(Cl)c(OC)c(OC)c1. The number of nitrogens with one attached hydrogen (secondary N) is 3. The number of methoxy groups -OCH3 is 3. The lowest BCUT2D eigenvalue weighted by atomic mass is 9.95. The topological polar surface area (TPSA) is 149 Å². The second-order valence-electron chi connectivity index (χ2n) is 8.15. The molecule has 0 spiro atoms. The van der Waals surface area contributed by atoms with Gasteiger partial charge in [0.2, 0.25) is 0 Å². The first-order chi connectivity index (χ1) is 18.7. The van der Waals surface area contributed by atoms with E-state index in [0.717, 1.165) is 0 Å². The number of hydrogen-bond acceptors (Lipinski definition) is 10. The summed E-state index contributed by atoms with van der Waals surface area (Å²) in [6.07, 6.45) is 0.297. The molecule has 13 heteroatoms. The second-order valence-corrected chi connectivity index (χ2v) is 8.56. The summed E-state index contributed by atoms with van der Waals surface area (Å²) in [5, 5.41) is 20.0. The average Bonchev–Trinajstić information content (AvgIpc) is 2.91. The number of hydrogen-bond donors (Lipinski definition) is 4. The highest BCUT2D eigenvalue weighted by molar-refractivity contribution is 6.32.